The number of rotatable bonds is 4. The number of aromatic nitrogens is 5. The van der Waals surface area contributed by atoms with E-state index >= 15 is 0 Å². The third-order valence-corrected chi connectivity index (χ3v) is 4.96. The number of alkyl halides is 1. The number of benzene rings is 1. The van der Waals surface area contributed by atoms with Crippen LogP contribution in [0.25, 0.3) is 16.6 Å². The normalized spacial score (nSPS) is 14.5. The molecule has 0 spiro atoms. The molecule has 0 fully saturated rings. The van der Waals surface area contributed by atoms with Crippen molar-refractivity contribution in [1.29, 1.82) is 0 Å². The van der Waals surface area contributed by atoms with Crippen molar-refractivity contribution in [2.24, 2.45) is 0 Å². The van der Waals surface area contributed by atoms with Crippen LogP contribution in [0.1, 0.15) is 17.1 Å². The van der Waals surface area contributed by atoms with Crippen LogP contribution in [0.3, 0.4) is 0 Å². The van der Waals surface area contributed by atoms with Gasteiger partial charge in [-0.15, -0.1) is 5.10 Å². The van der Waals surface area contributed by atoms with Crippen LogP contribution in [0.4, 0.5) is 10.3 Å². The second-order valence-electron chi connectivity index (χ2n) is 6.71. The van der Waals surface area contributed by atoms with E-state index in [4.69, 9.17) is 10.5 Å². The maximum atomic E-state index is 12.7. The number of fused-ring (bicyclic) bond motifs is 4. The molecule has 142 valence electrons. The number of ether oxygens (including phenoxy) is 1. The maximum absolute atomic E-state index is 12.7. The zero-order valence-corrected chi connectivity index (χ0v) is 15.0. The predicted molar refractivity (Wildman–Crippen MR) is 101 cm³/mol. The van der Waals surface area contributed by atoms with Gasteiger partial charge >= 0.3 is 0 Å². The number of nitrogens with two attached hydrogens (primary N) is 1. The molecule has 8 nitrogen and oxygen atoms in total. The Labute approximate surface area is 159 Å². The smallest absolute Gasteiger partial charge is 0.228 e. The van der Waals surface area contributed by atoms with Crippen molar-refractivity contribution in [1.82, 2.24) is 29.5 Å². The van der Waals surface area contributed by atoms with Crippen molar-refractivity contribution in [2.75, 3.05) is 19.1 Å². The topological polar surface area (TPSA) is 94.5 Å². The van der Waals surface area contributed by atoms with Crippen LogP contribution in [0.15, 0.2) is 36.5 Å². The third-order valence-electron chi connectivity index (χ3n) is 4.96. The van der Waals surface area contributed by atoms with Crippen molar-refractivity contribution >= 4 is 22.5 Å². The molecule has 2 N–H and O–H groups in total. The van der Waals surface area contributed by atoms with E-state index in [1.54, 1.807) is 12.1 Å². The van der Waals surface area contributed by atoms with E-state index in [0.29, 0.717) is 34.7 Å². The number of pyridine rings is 1. The Hall–Kier alpha value is -3.33. The Morgan fingerprint density at radius 2 is 2.11 bits per heavy atom. The van der Waals surface area contributed by atoms with E-state index in [-0.39, 0.29) is 5.95 Å². The van der Waals surface area contributed by atoms with Crippen LogP contribution in [-0.4, -0.2) is 42.9 Å². The molecule has 0 amide bonds. The molecule has 1 aromatic carbocycles. The molecular weight excluding hydrogens is 361 g/mol. The highest BCUT2D eigenvalue weighted by atomic mass is 19.1. The number of nitrogen functional groups attached to an aromatic ring is 1. The largest absolute Gasteiger partial charge is 0.461 e. The molecule has 4 aromatic rings. The van der Waals surface area contributed by atoms with Gasteiger partial charge in [-0.05, 0) is 30.2 Å². The lowest BCUT2D eigenvalue weighted by Gasteiger charge is -2.26. The predicted octanol–water partition coefficient (Wildman–Crippen LogP) is 2.12. The molecule has 0 atom stereocenters. The molecule has 0 radical (unpaired) electrons. The van der Waals surface area contributed by atoms with Gasteiger partial charge in [-0.25, -0.2) is 14.4 Å². The van der Waals surface area contributed by atoms with Crippen LogP contribution in [0.2, 0.25) is 0 Å². The summed E-state index contributed by atoms with van der Waals surface area (Å²) in [6, 6.07) is 9.37. The van der Waals surface area contributed by atoms with Gasteiger partial charge < -0.3 is 10.5 Å². The summed E-state index contributed by atoms with van der Waals surface area (Å²) in [5, 5.41) is 5.24. The second-order valence-corrected chi connectivity index (χ2v) is 6.71. The molecule has 0 unspecified atom stereocenters. The maximum Gasteiger partial charge on any atom is 0.228 e. The molecule has 4 heterocycles. The van der Waals surface area contributed by atoms with Crippen molar-refractivity contribution in [3.8, 4) is 5.75 Å². The Morgan fingerprint density at radius 3 is 3.00 bits per heavy atom. The number of para-hydroxylation sites is 1. The Kier molecular flexibility index (Phi) is 4.01. The fraction of sp³-hybridized carbons (Fsp3) is 0.263. The van der Waals surface area contributed by atoms with Crippen LogP contribution < -0.4 is 10.5 Å². The molecule has 28 heavy (non-hydrogen) atoms. The molecule has 3 aromatic heterocycles. The molecular formula is C19H18FN7O. The first kappa shape index (κ1) is 16.8. The highest BCUT2D eigenvalue weighted by Gasteiger charge is 2.20. The number of nitrogens with zero attached hydrogens (tertiary/aromatic N) is 6. The molecule has 0 saturated heterocycles. The Bertz CT molecular complexity index is 1180. The highest BCUT2D eigenvalue weighted by Crippen LogP contribution is 2.28. The molecule has 0 saturated carbocycles. The summed E-state index contributed by atoms with van der Waals surface area (Å²) in [5.74, 6) is 1.16. The van der Waals surface area contributed by atoms with E-state index in [1.165, 1.54) is 10.1 Å². The van der Waals surface area contributed by atoms with Gasteiger partial charge in [0.1, 0.15) is 11.3 Å². The lowest BCUT2D eigenvalue weighted by Crippen LogP contribution is -2.31. The fourth-order valence-electron chi connectivity index (χ4n) is 3.66. The minimum absolute atomic E-state index is 0.182. The van der Waals surface area contributed by atoms with Crippen LogP contribution in [0, 0.1) is 0 Å². The third kappa shape index (κ3) is 2.80. The summed E-state index contributed by atoms with van der Waals surface area (Å²) in [5.41, 5.74) is 9.51. The highest BCUT2D eigenvalue weighted by molar-refractivity contribution is 5.95. The van der Waals surface area contributed by atoms with Gasteiger partial charge in [0.15, 0.2) is 11.5 Å². The molecule has 1 aliphatic heterocycles. The van der Waals surface area contributed by atoms with E-state index < -0.39 is 6.86 Å². The van der Waals surface area contributed by atoms with E-state index in [9.17, 15) is 4.39 Å². The van der Waals surface area contributed by atoms with Crippen molar-refractivity contribution in [3.63, 3.8) is 0 Å². The standard InChI is InChI=1S/C19H18FN7O/c20-11-28-15-5-1-4-13-17(15)24-19(21)27-18(13)23-16(25-27)10-26-8-6-12-3-2-7-22-14(12)9-26/h1-5,7H,6,8-11H2,(H2,21,24). The summed E-state index contributed by atoms with van der Waals surface area (Å²) in [6.45, 7) is 1.32. The number of hydrogen-bond acceptors (Lipinski definition) is 7. The lowest BCUT2D eigenvalue weighted by molar-refractivity contribution is 0.193. The summed E-state index contributed by atoms with van der Waals surface area (Å²) in [7, 11) is 0. The zero-order chi connectivity index (χ0) is 19.1. The van der Waals surface area contributed by atoms with E-state index in [2.05, 4.69) is 31.0 Å². The van der Waals surface area contributed by atoms with Gasteiger partial charge in [0.05, 0.1) is 12.2 Å². The Balaban J connectivity index is 1.51. The lowest BCUT2D eigenvalue weighted by atomic mass is 10.1. The average Bonchev–Trinajstić information content (AvgIpc) is 3.13. The van der Waals surface area contributed by atoms with Gasteiger partial charge in [-0.2, -0.15) is 4.52 Å². The molecule has 9 heteroatoms. The summed E-state index contributed by atoms with van der Waals surface area (Å²) >= 11 is 0. The van der Waals surface area contributed by atoms with Gasteiger partial charge in [0.2, 0.25) is 12.8 Å². The average molecular weight is 379 g/mol. The fourth-order valence-corrected chi connectivity index (χ4v) is 3.66. The summed E-state index contributed by atoms with van der Waals surface area (Å²) in [4.78, 5) is 15.7. The van der Waals surface area contributed by atoms with Crippen LogP contribution in [-0.2, 0) is 19.5 Å². The summed E-state index contributed by atoms with van der Waals surface area (Å²) < 4.78 is 19.2. The van der Waals surface area contributed by atoms with Crippen molar-refractivity contribution in [2.45, 2.75) is 19.5 Å². The number of halogens is 1. The Morgan fingerprint density at radius 1 is 1.18 bits per heavy atom. The zero-order valence-electron chi connectivity index (χ0n) is 15.0. The molecule has 0 aliphatic carbocycles. The van der Waals surface area contributed by atoms with Crippen LogP contribution in [0.5, 0.6) is 5.75 Å². The molecule has 5 rings (SSSR count). The van der Waals surface area contributed by atoms with Crippen molar-refractivity contribution < 1.29 is 9.13 Å². The SMILES string of the molecule is Nc1nc2c(OCF)cccc2c2nc(CN3CCc4cccnc4C3)nn12. The first-order valence-corrected chi connectivity index (χ1v) is 9.00. The van der Waals surface area contributed by atoms with Gasteiger partial charge in [-0.1, -0.05) is 12.1 Å². The van der Waals surface area contributed by atoms with Crippen molar-refractivity contribution in [3.05, 3.63) is 53.6 Å². The second kappa shape index (κ2) is 6.68. The molecule has 1 aliphatic rings. The number of hydrogen-bond donors (Lipinski definition) is 1. The van der Waals surface area contributed by atoms with Crippen LogP contribution >= 0.6 is 0 Å². The first-order valence-electron chi connectivity index (χ1n) is 9.00. The monoisotopic (exact) mass is 379 g/mol. The van der Waals surface area contributed by atoms with Gasteiger partial charge in [-0.3, -0.25) is 9.88 Å². The number of anilines is 1. The first-order chi connectivity index (χ1) is 13.7. The van der Waals surface area contributed by atoms with Gasteiger partial charge in [0, 0.05) is 24.7 Å². The minimum atomic E-state index is -0.936. The van der Waals surface area contributed by atoms with E-state index in [0.717, 1.165) is 25.2 Å². The van der Waals surface area contributed by atoms with E-state index in [1.807, 2.05) is 18.3 Å². The van der Waals surface area contributed by atoms with Gasteiger partial charge in [0.25, 0.3) is 0 Å². The quantitative estimate of drug-likeness (QED) is 0.580. The molecule has 0 bridgehead atoms. The minimum Gasteiger partial charge on any atom is -0.461 e. The summed E-state index contributed by atoms with van der Waals surface area (Å²) in [6.07, 6.45) is 2.77.